The molecule has 0 aromatic heterocycles. The summed E-state index contributed by atoms with van der Waals surface area (Å²) in [6.07, 6.45) is 1.43. The van der Waals surface area contributed by atoms with E-state index in [1.165, 1.54) is 17.2 Å². The lowest BCUT2D eigenvalue weighted by atomic mass is 9.83. The smallest absolute Gasteiger partial charge is 0.188 e. The van der Waals surface area contributed by atoms with E-state index in [0.29, 0.717) is 17.5 Å². The second kappa shape index (κ2) is 8.61. The highest BCUT2D eigenvalue weighted by molar-refractivity contribution is 6.08. The number of hydrogen-bond donors (Lipinski definition) is 0. The Labute approximate surface area is 189 Å². The normalized spacial score (nSPS) is 21.6. The van der Waals surface area contributed by atoms with Gasteiger partial charge in [0.25, 0.3) is 0 Å². The third-order valence-electron chi connectivity index (χ3n) is 7.23. The minimum absolute atomic E-state index is 0.0305. The number of benzene rings is 3. The van der Waals surface area contributed by atoms with E-state index in [4.69, 9.17) is 0 Å². The summed E-state index contributed by atoms with van der Waals surface area (Å²) in [6, 6.07) is 23.5. The molecule has 4 heteroatoms. The molecular formula is C28H29FN2O. The second-order valence-electron chi connectivity index (χ2n) is 8.88. The van der Waals surface area contributed by atoms with Crippen LogP contribution in [0.5, 0.6) is 0 Å². The minimum Gasteiger partial charge on any atom is -0.297 e. The van der Waals surface area contributed by atoms with E-state index >= 15 is 0 Å². The summed E-state index contributed by atoms with van der Waals surface area (Å²) in [5.74, 6) is -0.244. The maximum absolute atomic E-state index is 14.7. The summed E-state index contributed by atoms with van der Waals surface area (Å²) < 4.78 is 14.7. The first-order valence-electron chi connectivity index (χ1n) is 11.6. The highest BCUT2D eigenvalue weighted by Crippen LogP contribution is 2.43. The largest absolute Gasteiger partial charge is 0.297 e. The van der Waals surface area contributed by atoms with Gasteiger partial charge in [0.1, 0.15) is 11.4 Å². The molecule has 1 aliphatic carbocycles. The quantitative estimate of drug-likeness (QED) is 0.581. The van der Waals surface area contributed by atoms with Crippen molar-refractivity contribution < 1.29 is 9.18 Å². The predicted molar refractivity (Wildman–Crippen MR) is 125 cm³/mol. The first-order valence-corrected chi connectivity index (χ1v) is 11.6. The number of carbonyl (C=O) groups excluding carboxylic acids is 1. The molecule has 0 amide bonds. The average molecular weight is 429 g/mol. The van der Waals surface area contributed by atoms with Gasteiger partial charge in [0.15, 0.2) is 5.78 Å². The van der Waals surface area contributed by atoms with E-state index in [-0.39, 0.29) is 11.6 Å². The lowest BCUT2D eigenvalue weighted by molar-refractivity contribution is 0.0286. The number of hydrogen-bond acceptors (Lipinski definition) is 3. The average Bonchev–Trinajstić information content (AvgIpc) is 3.15. The van der Waals surface area contributed by atoms with Crippen LogP contribution in [0.4, 0.5) is 4.39 Å². The number of rotatable bonds is 5. The van der Waals surface area contributed by atoms with Gasteiger partial charge in [-0.05, 0) is 29.2 Å². The molecule has 164 valence electrons. The lowest BCUT2D eigenvalue weighted by Crippen LogP contribution is -2.58. The molecule has 0 radical (unpaired) electrons. The number of ketones is 1. The van der Waals surface area contributed by atoms with Gasteiger partial charge in [0.05, 0.1) is 0 Å². The van der Waals surface area contributed by atoms with Gasteiger partial charge >= 0.3 is 0 Å². The van der Waals surface area contributed by atoms with Crippen LogP contribution >= 0.6 is 0 Å². The number of Topliss-reactive ketones (excluding diaryl/α,β-unsaturated/α-hetero) is 1. The van der Waals surface area contributed by atoms with Crippen LogP contribution in [0.3, 0.4) is 0 Å². The SMILES string of the molecule is CCc1ccccc1CN1CCN(C2(c3ccccc3)Cc3c(F)cccc3C2=O)CC1. The number of carbonyl (C=O) groups is 1. The molecule has 1 heterocycles. The van der Waals surface area contributed by atoms with Crippen molar-refractivity contribution >= 4 is 5.78 Å². The summed E-state index contributed by atoms with van der Waals surface area (Å²) >= 11 is 0. The summed E-state index contributed by atoms with van der Waals surface area (Å²) in [5.41, 5.74) is 4.01. The molecule has 1 unspecified atom stereocenters. The molecule has 0 saturated carbocycles. The van der Waals surface area contributed by atoms with Gasteiger partial charge in [0, 0.05) is 50.3 Å². The van der Waals surface area contributed by atoms with Crippen molar-refractivity contribution in [2.45, 2.75) is 31.8 Å². The summed E-state index contributed by atoms with van der Waals surface area (Å²) in [4.78, 5) is 18.6. The first kappa shape index (κ1) is 21.0. The summed E-state index contributed by atoms with van der Waals surface area (Å²) in [5, 5.41) is 0. The molecular weight excluding hydrogens is 399 g/mol. The maximum atomic E-state index is 14.7. The molecule has 3 aromatic carbocycles. The van der Waals surface area contributed by atoms with Crippen molar-refractivity contribution in [1.29, 1.82) is 0 Å². The van der Waals surface area contributed by atoms with Gasteiger partial charge in [-0.25, -0.2) is 4.39 Å². The van der Waals surface area contributed by atoms with Crippen molar-refractivity contribution in [2.24, 2.45) is 0 Å². The fourth-order valence-electron chi connectivity index (χ4n) is 5.48. The Kier molecular flexibility index (Phi) is 5.66. The van der Waals surface area contributed by atoms with Crippen LogP contribution in [-0.2, 0) is 24.9 Å². The molecule has 0 spiro atoms. The zero-order valence-electron chi connectivity index (χ0n) is 18.6. The van der Waals surface area contributed by atoms with E-state index in [1.807, 2.05) is 30.3 Å². The fraction of sp³-hybridized carbons (Fsp3) is 0.321. The van der Waals surface area contributed by atoms with Gasteiger partial charge in [0.2, 0.25) is 0 Å². The number of aryl methyl sites for hydroxylation is 1. The zero-order chi connectivity index (χ0) is 22.1. The molecule has 5 rings (SSSR count). The summed E-state index contributed by atoms with van der Waals surface area (Å²) in [6.45, 7) is 6.47. The number of piperazine rings is 1. The highest BCUT2D eigenvalue weighted by Gasteiger charge is 2.52. The molecule has 1 atom stereocenters. The van der Waals surface area contributed by atoms with Crippen molar-refractivity contribution in [2.75, 3.05) is 26.2 Å². The second-order valence-corrected chi connectivity index (χ2v) is 8.88. The number of fused-ring (bicyclic) bond motifs is 1. The molecule has 1 saturated heterocycles. The molecule has 1 aliphatic heterocycles. The molecule has 32 heavy (non-hydrogen) atoms. The molecule has 0 N–H and O–H groups in total. The third-order valence-corrected chi connectivity index (χ3v) is 7.23. The van der Waals surface area contributed by atoms with Gasteiger partial charge in [-0.15, -0.1) is 0 Å². The van der Waals surface area contributed by atoms with Crippen LogP contribution in [-0.4, -0.2) is 41.8 Å². The monoisotopic (exact) mass is 428 g/mol. The third kappa shape index (κ3) is 3.48. The Morgan fingerprint density at radius 1 is 0.844 bits per heavy atom. The van der Waals surface area contributed by atoms with Gasteiger partial charge < -0.3 is 0 Å². The number of halogens is 1. The Bertz CT molecular complexity index is 1120. The van der Waals surface area contributed by atoms with Crippen molar-refractivity contribution in [3.8, 4) is 0 Å². The van der Waals surface area contributed by atoms with E-state index in [1.54, 1.807) is 12.1 Å². The van der Waals surface area contributed by atoms with Crippen LogP contribution < -0.4 is 0 Å². The van der Waals surface area contributed by atoms with Crippen molar-refractivity contribution in [1.82, 2.24) is 9.80 Å². The fourth-order valence-corrected chi connectivity index (χ4v) is 5.48. The maximum Gasteiger partial charge on any atom is 0.188 e. The van der Waals surface area contributed by atoms with Crippen molar-refractivity contribution in [3.05, 3.63) is 106 Å². The molecule has 0 bridgehead atoms. The molecule has 2 aliphatic rings. The molecule has 3 aromatic rings. The van der Waals surface area contributed by atoms with Gasteiger partial charge in [-0.2, -0.15) is 0 Å². The topological polar surface area (TPSA) is 23.6 Å². The minimum atomic E-state index is -0.820. The molecule has 3 nitrogen and oxygen atoms in total. The molecule has 1 fully saturated rings. The summed E-state index contributed by atoms with van der Waals surface area (Å²) in [7, 11) is 0. The Balaban J connectivity index is 1.42. The van der Waals surface area contributed by atoms with Crippen molar-refractivity contribution in [3.63, 3.8) is 0 Å². The van der Waals surface area contributed by atoms with E-state index in [9.17, 15) is 9.18 Å². The number of nitrogens with zero attached hydrogens (tertiary/aromatic N) is 2. The lowest BCUT2D eigenvalue weighted by Gasteiger charge is -2.45. The highest BCUT2D eigenvalue weighted by atomic mass is 19.1. The van der Waals surface area contributed by atoms with Crippen LogP contribution in [0.15, 0.2) is 72.8 Å². The van der Waals surface area contributed by atoms with Crippen LogP contribution in [0.2, 0.25) is 0 Å². The predicted octanol–water partition coefficient (Wildman–Crippen LogP) is 4.84. The Morgan fingerprint density at radius 3 is 2.22 bits per heavy atom. The Hall–Kier alpha value is -2.82. The van der Waals surface area contributed by atoms with Gasteiger partial charge in [-0.1, -0.05) is 73.7 Å². The standard InChI is InChI=1S/C28H29FN2O/c1-2-21-9-6-7-10-22(21)20-30-15-17-31(18-16-30)28(23-11-4-3-5-12-23)19-25-24(27(28)32)13-8-14-26(25)29/h3-14H,2,15-20H2,1H3. The van der Waals surface area contributed by atoms with Crippen LogP contribution in [0, 0.1) is 5.82 Å². The van der Waals surface area contributed by atoms with Gasteiger partial charge in [-0.3, -0.25) is 14.6 Å². The van der Waals surface area contributed by atoms with E-state index in [2.05, 4.69) is 41.0 Å². The van der Waals surface area contributed by atoms with Crippen LogP contribution in [0.25, 0.3) is 0 Å². The van der Waals surface area contributed by atoms with E-state index < -0.39 is 5.54 Å². The van der Waals surface area contributed by atoms with E-state index in [0.717, 1.165) is 44.7 Å². The van der Waals surface area contributed by atoms with Crippen LogP contribution in [0.1, 0.15) is 39.5 Å². The zero-order valence-corrected chi connectivity index (χ0v) is 18.6. The first-order chi connectivity index (χ1) is 15.6. The Morgan fingerprint density at radius 2 is 1.53 bits per heavy atom.